The number of benzene rings is 1. The van der Waals surface area contributed by atoms with Crippen molar-refractivity contribution in [2.45, 2.75) is 19.4 Å². The highest BCUT2D eigenvalue weighted by Crippen LogP contribution is 2.14. The molecule has 0 aromatic heterocycles. The van der Waals surface area contributed by atoms with Gasteiger partial charge in [-0.1, -0.05) is 22.0 Å². The Morgan fingerprint density at radius 1 is 1.38 bits per heavy atom. The molecule has 0 heterocycles. The van der Waals surface area contributed by atoms with Gasteiger partial charge in [0.25, 0.3) is 0 Å². The summed E-state index contributed by atoms with van der Waals surface area (Å²) in [6.45, 7) is 2.25. The topological polar surface area (TPSA) is 21.3 Å². The molecule has 1 aromatic carbocycles. The second kappa shape index (κ2) is 7.76. The summed E-state index contributed by atoms with van der Waals surface area (Å²) in [5.41, 5.74) is 0.704. The first kappa shape index (κ1) is 13.6. The van der Waals surface area contributed by atoms with E-state index in [1.165, 1.54) is 6.07 Å². The molecule has 1 N–H and O–H groups in total. The van der Waals surface area contributed by atoms with Crippen LogP contribution in [0, 0.1) is 5.82 Å². The minimum absolute atomic E-state index is 0.168. The Bertz CT molecular complexity index is 320. The Morgan fingerprint density at radius 2 is 2.19 bits per heavy atom. The van der Waals surface area contributed by atoms with Gasteiger partial charge in [0.2, 0.25) is 0 Å². The molecule has 0 unspecified atom stereocenters. The molecule has 1 aromatic rings. The van der Waals surface area contributed by atoms with Crippen LogP contribution >= 0.6 is 15.9 Å². The van der Waals surface area contributed by atoms with Crippen LogP contribution < -0.4 is 5.32 Å². The van der Waals surface area contributed by atoms with E-state index in [4.69, 9.17) is 4.74 Å². The molecule has 4 heteroatoms. The van der Waals surface area contributed by atoms with Gasteiger partial charge >= 0.3 is 0 Å². The SMILES string of the molecule is COCCCCNCc1ccc(Br)cc1F. The molecule has 0 saturated carbocycles. The maximum atomic E-state index is 13.4. The van der Waals surface area contributed by atoms with Gasteiger partial charge in [-0.25, -0.2) is 4.39 Å². The monoisotopic (exact) mass is 289 g/mol. The van der Waals surface area contributed by atoms with E-state index in [0.717, 1.165) is 30.5 Å². The average Bonchev–Trinajstić information content (AvgIpc) is 2.26. The highest BCUT2D eigenvalue weighted by atomic mass is 79.9. The zero-order valence-electron chi connectivity index (χ0n) is 9.43. The second-order valence-electron chi connectivity index (χ2n) is 3.61. The van der Waals surface area contributed by atoms with Crippen molar-refractivity contribution in [1.82, 2.24) is 5.32 Å². The standard InChI is InChI=1S/C12H17BrFNO/c1-16-7-3-2-6-15-9-10-4-5-11(13)8-12(10)14/h4-5,8,15H,2-3,6-7,9H2,1H3. The molecule has 16 heavy (non-hydrogen) atoms. The molecule has 0 spiro atoms. The highest BCUT2D eigenvalue weighted by molar-refractivity contribution is 9.10. The smallest absolute Gasteiger partial charge is 0.128 e. The molecule has 0 atom stereocenters. The van der Waals surface area contributed by atoms with Gasteiger partial charge in [0.05, 0.1) is 0 Å². The number of hydrogen-bond donors (Lipinski definition) is 1. The summed E-state index contributed by atoms with van der Waals surface area (Å²) in [5, 5.41) is 3.21. The Morgan fingerprint density at radius 3 is 2.88 bits per heavy atom. The van der Waals surface area contributed by atoms with Crippen molar-refractivity contribution in [3.05, 3.63) is 34.1 Å². The predicted molar refractivity (Wildman–Crippen MR) is 66.9 cm³/mol. The van der Waals surface area contributed by atoms with Crippen LogP contribution in [0.1, 0.15) is 18.4 Å². The summed E-state index contributed by atoms with van der Waals surface area (Å²) in [4.78, 5) is 0. The molecule has 0 aliphatic rings. The van der Waals surface area contributed by atoms with Crippen LogP contribution in [0.25, 0.3) is 0 Å². The minimum atomic E-state index is -0.168. The molecule has 90 valence electrons. The molecular weight excluding hydrogens is 273 g/mol. The lowest BCUT2D eigenvalue weighted by molar-refractivity contribution is 0.192. The summed E-state index contributed by atoms with van der Waals surface area (Å²) >= 11 is 3.23. The highest BCUT2D eigenvalue weighted by Gasteiger charge is 2.01. The zero-order chi connectivity index (χ0) is 11.8. The number of nitrogens with one attached hydrogen (secondary N) is 1. The van der Waals surface area contributed by atoms with Gasteiger partial charge in [0.1, 0.15) is 5.82 Å². The Labute approximate surface area is 104 Å². The second-order valence-corrected chi connectivity index (χ2v) is 4.53. The van der Waals surface area contributed by atoms with Crippen LogP contribution in [0.4, 0.5) is 4.39 Å². The summed E-state index contributed by atoms with van der Waals surface area (Å²) in [6, 6.07) is 5.13. The normalized spacial score (nSPS) is 10.7. The third-order valence-corrected chi connectivity index (χ3v) is 2.78. The van der Waals surface area contributed by atoms with Crippen LogP contribution in [0.5, 0.6) is 0 Å². The molecule has 0 fully saturated rings. The van der Waals surface area contributed by atoms with Gasteiger partial charge < -0.3 is 10.1 Å². The Balaban J connectivity index is 2.21. The summed E-state index contributed by atoms with van der Waals surface area (Å²) in [5.74, 6) is -0.168. The molecule has 0 aliphatic carbocycles. The number of unbranched alkanes of at least 4 members (excludes halogenated alkanes) is 1. The maximum Gasteiger partial charge on any atom is 0.128 e. The van der Waals surface area contributed by atoms with E-state index < -0.39 is 0 Å². The maximum absolute atomic E-state index is 13.4. The average molecular weight is 290 g/mol. The number of halogens is 2. The van der Waals surface area contributed by atoms with Gasteiger partial charge in [-0.05, 0) is 31.5 Å². The number of hydrogen-bond acceptors (Lipinski definition) is 2. The molecule has 0 saturated heterocycles. The van der Waals surface area contributed by atoms with Crippen LogP contribution in [-0.2, 0) is 11.3 Å². The lowest BCUT2D eigenvalue weighted by Gasteiger charge is -2.06. The third-order valence-electron chi connectivity index (χ3n) is 2.28. The van der Waals surface area contributed by atoms with Crippen LogP contribution in [0.15, 0.2) is 22.7 Å². The first-order chi connectivity index (χ1) is 7.74. The van der Waals surface area contributed by atoms with E-state index in [1.807, 2.05) is 6.07 Å². The Hall–Kier alpha value is -0.450. The van der Waals surface area contributed by atoms with Gasteiger partial charge in [0, 0.05) is 30.3 Å². The molecule has 2 nitrogen and oxygen atoms in total. The van der Waals surface area contributed by atoms with Gasteiger partial charge in [0.15, 0.2) is 0 Å². The summed E-state index contributed by atoms with van der Waals surface area (Å²) in [6.07, 6.45) is 2.08. The predicted octanol–water partition coefficient (Wildman–Crippen LogP) is 3.10. The number of rotatable bonds is 7. The van der Waals surface area contributed by atoms with Crippen LogP contribution in [0.2, 0.25) is 0 Å². The van der Waals surface area contributed by atoms with Gasteiger partial charge in [-0.15, -0.1) is 0 Å². The largest absolute Gasteiger partial charge is 0.385 e. The van der Waals surface area contributed by atoms with Crippen molar-refractivity contribution >= 4 is 15.9 Å². The first-order valence-electron chi connectivity index (χ1n) is 5.37. The fourth-order valence-electron chi connectivity index (χ4n) is 1.38. The molecule has 0 amide bonds. The quantitative estimate of drug-likeness (QED) is 0.779. The van der Waals surface area contributed by atoms with Crippen molar-refractivity contribution in [3.63, 3.8) is 0 Å². The van der Waals surface area contributed by atoms with E-state index in [9.17, 15) is 4.39 Å². The fraction of sp³-hybridized carbons (Fsp3) is 0.500. The summed E-state index contributed by atoms with van der Waals surface area (Å²) < 4.78 is 19.1. The van der Waals surface area contributed by atoms with E-state index in [1.54, 1.807) is 13.2 Å². The number of methoxy groups -OCH3 is 1. The molecule has 0 radical (unpaired) electrons. The van der Waals surface area contributed by atoms with Gasteiger partial charge in [-0.3, -0.25) is 0 Å². The van der Waals surface area contributed by atoms with E-state index in [-0.39, 0.29) is 5.82 Å². The minimum Gasteiger partial charge on any atom is -0.385 e. The first-order valence-corrected chi connectivity index (χ1v) is 6.17. The van der Waals surface area contributed by atoms with Gasteiger partial charge in [-0.2, -0.15) is 0 Å². The molecule has 0 aliphatic heterocycles. The summed E-state index contributed by atoms with van der Waals surface area (Å²) in [7, 11) is 1.70. The van der Waals surface area contributed by atoms with E-state index in [0.29, 0.717) is 12.1 Å². The van der Waals surface area contributed by atoms with Crippen LogP contribution in [0.3, 0.4) is 0 Å². The lowest BCUT2D eigenvalue weighted by atomic mass is 10.2. The van der Waals surface area contributed by atoms with E-state index >= 15 is 0 Å². The molecule has 1 rings (SSSR count). The third kappa shape index (κ3) is 5.05. The fourth-order valence-corrected chi connectivity index (χ4v) is 1.72. The van der Waals surface area contributed by atoms with Crippen LogP contribution in [-0.4, -0.2) is 20.3 Å². The molecule has 0 bridgehead atoms. The van der Waals surface area contributed by atoms with Crippen molar-refractivity contribution in [2.75, 3.05) is 20.3 Å². The Kier molecular flexibility index (Phi) is 6.61. The van der Waals surface area contributed by atoms with Crippen molar-refractivity contribution in [1.29, 1.82) is 0 Å². The van der Waals surface area contributed by atoms with E-state index in [2.05, 4.69) is 21.2 Å². The number of ether oxygens (including phenoxy) is 1. The lowest BCUT2D eigenvalue weighted by Crippen LogP contribution is -2.16. The van der Waals surface area contributed by atoms with Crippen molar-refractivity contribution in [3.8, 4) is 0 Å². The van der Waals surface area contributed by atoms with Crippen molar-refractivity contribution in [2.24, 2.45) is 0 Å². The molecular formula is C12H17BrFNO. The zero-order valence-corrected chi connectivity index (χ0v) is 11.0. The van der Waals surface area contributed by atoms with Crippen molar-refractivity contribution < 1.29 is 9.13 Å².